The normalized spacial score (nSPS) is 11.4. The van der Waals surface area contributed by atoms with Crippen molar-refractivity contribution in [2.24, 2.45) is 0 Å². The Balaban J connectivity index is 2.45. The van der Waals surface area contributed by atoms with Gasteiger partial charge in [-0.2, -0.15) is 0 Å². The molecule has 112 valence electrons. The fourth-order valence-corrected chi connectivity index (χ4v) is 3.59. The van der Waals surface area contributed by atoms with Crippen LogP contribution in [0.2, 0.25) is 5.02 Å². The van der Waals surface area contributed by atoms with Crippen molar-refractivity contribution in [3.8, 4) is 0 Å². The van der Waals surface area contributed by atoms with Crippen LogP contribution in [0.3, 0.4) is 0 Å². The molecule has 0 fully saturated rings. The summed E-state index contributed by atoms with van der Waals surface area (Å²) in [6.45, 7) is 5.34. The zero-order chi connectivity index (χ0) is 15.8. The van der Waals surface area contributed by atoms with E-state index >= 15 is 0 Å². The lowest BCUT2D eigenvalue weighted by atomic mass is 10.1. The molecule has 21 heavy (non-hydrogen) atoms. The van der Waals surface area contributed by atoms with Gasteiger partial charge in [-0.25, -0.2) is 8.42 Å². The summed E-state index contributed by atoms with van der Waals surface area (Å²) in [7, 11) is -3.71. The molecule has 0 atom stereocenters. The molecular formula is C15H17ClN2O2S. The van der Waals surface area contributed by atoms with Gasteiger partial charge in [0, 0.05) is 10.7 Å². The molecule has 0 aliphatic rings. The summed E-state index contributed by atoms with van der Waals surface area (Å²) in [6.07, 6.45) is 0. The number of nitrogen functional groups attached to an aromatic ring is 1. The second kappa shape index (κ2) is 5.58. The van der Waals surface area contributed by atoms with Crippen molar-refractivity contribution in [1.29, 1.82) is 0 Å². The number of hydrogen-bond donors (Lipinski definition) is 2. The molecule has 0 spiro atoms. The number of anilines is 2. The third kappa shape index (κ3) is 3.31. The molecule has 0 aliphatic carbocycles. The lowest BCUT2D eigenvalue weighted by Crippen LogP contribution is -2.15. The van der Waals surface area contributed by atoms with Crippen molar-refractivity contribution in [3.05, 3.63) is 52.0 Å². The van der Waals surface area contributed by atoms with E-state index in [1.54, 1.807) is 44.2 Å². The minimum Gasteiger partial charge on any atom is -0.398 e. The van der Waals surface area contributed by atoms with Crippen molar-refractivity contribution < 1.29 is 8.42 Å². The quantitative estimate of drug-likeness (QED) is 0.846. The molecule has 2 rings (SSSR count). The number of rotatable bonds is 3. The molecular weight excluding hydrogens is 308 g/mol. The first kappa shape index (κ1) is 15.7. The maximum atomic E-state index is 12.5. The van der Waals surface area contributed by atoms with Gasteiger partial charge in [0.15, 0.2) is 0 Å². The van der Waals surface area contributed by atoms with Crippen LogP contribution in [-0.4, -0.2) is 8.42 Å². The Morgan fingerprint density at radius 1 is 1.10 bits per heavy atom. The van der Waals surface area contributed by atoms with Crippen LogP contribution in [0.5, 0.6) is 0 Å². The standard InChI is InChI=1S/C15H17ClN2O2S/c1-9-6-14(17)11(3)15(7-9)21(19,20)18-12-5-4-10(2)13(16)8-12/h4-8,18H,17H2,1-3H3. The van der Waals surface area contributed by atoms with E-state index in [9.17, 15) is 8.42 Å². The number of halogens is 1. The van der Waals surface area contributed by atoms with E-state index in [1.165, 1.54) is 0 Å². The Bertz CT molecular complexity index is 802. The smallest absolute Gasteiger partial charge is 0.262 e. The topological polar surface area (TPSA) is 72.2 Å². The van der Waals surface area contributed by atoms with Crippen molar-refractivity contribution >= 4 is 33.0 Å². The van der Waals surface area contributed by atoms with Gasteiger partial charge in [0.1, 0.15) is 0 Å². The number of nitrogens with one attached hydrogen (secondary N) is 1. The van der Waals surface area contributed by atoms with Gasteiger partial charge in [0.25, 0.3) is 10.0 Å². The van der Waals surface area contributed by atoms with Crippen LogP contribution in [0, 0.1) is 20.8 Å². The van der Waals surface area contributed by atoms with Crippen LogP contribution in [0.4, 0.5) is 11.4 Å². The largest absolute Gasteiger partial charge is 0.398 e. The molecule has 0 saturated heterocycles. The average molecular weight is 325 g/mol. The number of sulfonamides is 1. The van der Waals surface area contributed by atoms with Crippen LogP contribution in [-0.2, 0) is 10.0 Å². The molecule has 6 heteroatoms. The van der Waals surface area contributed by atoms with Crippen molar-refractivity contribution in [1.82, 2.24) is 0 Å². The zero-order valence-electron chi connectivity index (χ0n) is 12.1. The van der Waals surface area contributed by atoms with Crippen LogP contribution in [0.1, 0.15) is 16.7 Å². The van der Waals surface area contributed by atoms with Crippen molar-refractivity contribution in [2.45, 2.75) is 25.7 Å². The molecule has 0 unspecified atom stereocenters. The molecule has 2 aromatic rings. The SMILES string of the molecule is Cc1cc(N)c(C)c(S(=O)(=O)Nc2ccc(C)c(Cl)c2)c1. The Labute approximate surface area is 130 Å². The number of aryl methyl sites for hydroxylation is 2. The van der Waals surface area contributed by atoms with Crippen LogP contribution in [0.15, 0.2) is 35.2 Å². The molecule has 0 amide bonds. The lowest BCUT2D eigenvalue weighted by molar-refractivity contribution is 0.600. The maximum absolute atomic E-state index is 12.5. The minimum atomic E-state index is -3.71. The van der Waals surface area contributed by atoms with Crippen molar-refractivity contribution in [3.63, 3.8) is 0 Å². The van der Waals surface area contributed by atoms with Gasteiger partial charge in [-0.05, 0) is 61.7 Å². The predicted octanol–water partition coefficient (Wildman–Crippen LogP) is 3.65. The first-order chi connectivity index (χ1) is 9.70. The van der Waals surface area contributed by atoms with Gasteiger partial charge < -0.3 is 5.73 Å². The third-order valence-electron chi connectivity index (χ3n) is 3.26. The predicted molar refractivity (Wildman–Crippen MR) is 87.3 cm³/mol. The molecule has 0 aromatic heterocycles. The summed E-state index contributed by atoms with van der Waals surface area (Å²) in [6, 6.07) is 8.37. The summed E-state index contributed by atoms with van der Waals surface area (Å²) < 4.78 is 27.6. The Hall–Kier alpha value is -1.72. The number of hydrogen-bond acceptors (Lipinski definition) is 3. The fraction of sp³-hybridized carbons (Fsp3) is 0.200. The van der Waals surface area contributed by atoms with Crippen LogP contribution in [0.25, 0.3) is 0 Å². The first-order valence-electron chi connectivity index (χ1n) is 6.36. The Morgan fingerprint density at radius 3 is 2.38 bits per heavy atom. The van der Waals surface area contributed by atoms with Gasteiger partial charge in [0.05, 0.1) is 10.6 Å². The van der Waals surface area contributed by atoms with E-state index in [-0.39, 0.29) is 4.90 Å². The van der Waals surface area contributed by atoms with E-state index in [0.717, 1.165) is 11.1 Å². The van der Waals surface area contributed by atoms with E-state index in [0.29, 0.717) is 22.0 Å². The number of nitrogens with two attached hydrogens (primary N) is 1. The summed E-state index contributed by atoms with van der Waals surface area (Å²) in [4.78, 5) is 0.177. The van der Waals surface area contributed by atoms with E-state index < -0.39 is 10.0 Å². The number of benzene rings is 2. The maximum Gasteiger partial charge on any atom is 0.262 e. The summed E-state index contributed by atoms with van der Waals surface area (Å²) in [5, 5.41) is 0.510. The van der Waals surface area contributed by atoms with Gasteiger partial charge in [0.2, 0.25) is 0 Å². The zero-order valence-corrected chi connectivity index (χ0v) is 13.6. The fourth-order valence-electron chi connectivity index (χ4n) is 2.00. The average Bonchev–Trinajstić information content (AvgIpc) is 2.37. The second-order valence-corrected chi connectivity index (χ2v) is 7.10. The van der Waals surface area contributed by atoms with Crippen LogP contribution < -0.4 is 10.5 Å². The molecule has 2 aromatic carbocycles. The van der Waals surface area contributed by atoms with Gasteiger partial charge in [-0.15, -0.1) is 0 Å². The molecule has 0 aliphatic heterocycles. The molecule has 3 N–H and O–H groups in total. The molecule has 0 heterocycles. The Morgan fingerprint density at radius 2 is 1.76 bits per heavy atom. The van der Waals surface area contributed by atoms with E-state index in [2.05, 4.69) is 4.72 Å². The van der Waals surface area contributed by atoms with Crippen LogP contribution >= 0.6 is 11.6 Å². The molecule has 4 nitrogen and oxygen atoms in total. The van der Waals surface area contributed by atoms with E-state index in [1.807, 2.05) is 6.92 Å². The lowest BCUT2D eigenvalue weighted by Gasteiger charge is -2.13. The summed E-state index contributed by atoms with van der Waals surface area (Å²) >= 11 is 6.02. The van der Waals surface area contributed by atoms with Crippen molar-refractivity contribution in [2.75, 3.05) is 10.5 Å². The van der Waals surface area contributed by atoms with E-state index in [4.69, 9.17) is 17.3 Å². The monoisotopic (exact) mass is 324 g/mol. The first-order valence-corrected chi connectivity index (χ1v) is 8.22. The Kier molecular flexibility index (Phi) is 4.16. The van der Waals surface area contributed by atoms with Gasteiger partial charge in [-0.1, -0.05) is 17.7 Å². The highest BCUT2D eigenvalue weighted by atomic mass is 35.5. The van der Waals surface area contributed by atoms with Gasteiger partial charge >= 0.3 is 0 Å². The molecule has 0 saturated carbocycles. The molecule has 0 radical (unpaired) electrons. The highest BCUT2D eigenvalue weighted by Gasteiger charge is 2.19. The third-order valence-corrected chi connectivity index (χ3v) is 5.17. The highest BCUT2D eigenvalue weighted by Crippen LogP contribution is 2.26. The summed E-state index contributed by atoms with van der Waals surface area (Å²) in [5.74, 6) is 0. The second-order valence-electron chi connectivity index (χ2n) is 5.05. The van der Waals surface area contributed by atoms with Gasteiger partial charge in [-0.3, -0.25) is 4.72 Å². The highest BCUT2D eigenvalue weighted by molar-refractivity contribution is 7.92. The molecule has 0 bridgehead atoms. The minimum absolute atomic E-state index is 0.177. The summed E-state index contributed by atoms with van der Waals surface area (Å²) in [5.41, 5.74) is 8.93.